The molecular formula is C47H62N10O4S. The van der Waals surface area contributed by atoms with Crippen LogP contribution in [0.25, 0.3) is 6.08 Å². The molecule has 4 saturated heterocycles. The molecule has 4 fully saturated rings. The first-order valence-electron chi connectivity index (χ1n) is 22.9. The van der Waals surface area contributed by atoms with Gasteiger partial charge in [0.05, 0.1) is 6.04 Å². The number of piperazine rings is 1. The van der Waals surface area contributed by atoms with E-state index in [2.05, 4.69) is 63.6 Å². The number of anilines is 1. The van der Waals surface area contributed by atoms with Crippen molar-refractivity contribution in [3.8, 4) is 0 Å². The van der Waals surface area contributed by atoms with Gasteiger partial charge in [0, 0.05) is 108 Å². The number of thioether (sulfide) groups is 1. The van der Waals surface area contributed by atoms with Crippen LogP contribution in [0.3, 0.4) is 0 Å². The van der Waals surface area contributed by atoms with Crippen molar-refractivity contribution in [2.75, 3.05) is 76.1 Å². The van der Waals surface area contributed by atoms with Crippen molar-refractivity contribution in [3.63, 3.8) is 0 Å². The van der Waals surface area contributed by atoms with Gasteiger partial charge in [0.1, 0.15) is 0 Å². The Labute approximate surface area is 370 Å². The highest BCUT2D eigenvalue weighted by atomic mass is 32.2. The van der Waals surface area contributed by atoms with Crippen LogP contribution in [0.15, 0.2) is 65.8 Å². The lowest BCUT2D eigenvalue weighted by Crippen LogP contribution is -2.53. The molecule has 2 aromatic heterocycles. The summed E-state index contributed by atoms with van der Waals surface area (Å²) in [5.41, 5.74) is 3.98. The van der Waals surface area contributed by atoms with Gasteiger partial charge in [0.25, 0.3) is 5.91 Å². The van der Waals surface area contributed by atoms with E-state index >= 15 is 0 Å². The van der Waals surface area contributed by atoms with Crippen molar-refractivity contribution in [1.82, 2.24) is 45.4 Å². The average molecular weight is 863 g/mol. The van der Waals surface area contributed by atoms with Gasteiger partial charge in [-0.25, -0.2) is 0 Å². The lowest BCUT2D eigenvalue weighted by molar-refractivity contribution is -0.137. The fraction of sp³-hybridized carbons (Fsp3) is 0.553. The van der Waals surface area contributed by atoms with Crippen molar-refractivity contribution in [3.05, 3.63) is 83.3 Å². The Hall–Kier alpha value is -4.70. The first-order chi connectivity index (χ1) is 30.4. The van der Waals surface area contributed by atoms with E-state index in [-0.39, 0.29) is 29.7 Å². The van der Waals surface area contributed by atoms with E-state index in [0.29, 0.717) is 37.0 Å². The van der Waals surface area contributed by atoms with Crippen LogP contribution in [0.2, 0.25) is 0 Å². The number of rotatable bonds is 16. The van der Waals surface area contributed by atoms with Crippen LogP contribution in [-0.4, -0.2) is 142 Å². The molecule has 0 aliphatic carbocycles. The third-order valence-electron chi connectivity index (χ3n) is 13.4. The molecule has 1 unspecified atom stereocenters. The van der Waals surface area contributed by atoms with E-state index in [4.69, 9.17) is 0 Å². The molecule has 1 aromatic carbocycles. The zero-order valence-electron chi connectivity index (χ0n) is 36.0. The maximum absolute atomic E-state index is 13.3. The average Bonchev–Trinajstić information content (AvgIpc) is 3.75. The predicted molar refractivity (Wildman–Crippen MR) is 241 cm³/mol. The largest absolute Gasteiger partial charge is 0.355 e. The van der Waals surface area contributed by atoms with Crippen LogP contribution in [0, 0.1) is 5.92 Å². The molecule has 3 aromatic rings. The highest BCUT2D eigenvalue weighted by Crippen LogP contribution is 2.35. The van der Waals surface area contributed by atoms with Gasteiger partial charge in [-0.05, 0) is 110 Å². The second-order valence-electron chi connectivity index (χ2n) is 17.5. The number of carbonyl (C=O) groups is 4. The molecule has 5 aliphatic heterocycles. The maximum atomic E-state index is 13.3. The molecule has 0 spiro atoms. The lowest BCUT2D eigenvalue weighted by Gasteiger charge is -2.43. The van der Waals surface area contributed by atoms with Crippen LogP contribution >= 0.6 is 11.8 Å². The summed E-state index contributed by atoms with van der Waals surface area (Å²) >= 11 is 1.94. The number of nitrogens with one attached hydrogen (secondary N) is 2. The van der Waals surface area contributed by atoms with Crippen LogP contribution in [0.4, 0.5) is 5.82 Å². The molecule has 8 rings (SSSR count). The Kier molecular flexibility index (Phi) is 15.3. The molecule has 0 saturated carbocycles. The number of hydrogen-bond acceptors (Lipinski definition) is 12. The van der Waals surface area contributed by atoms with E-state index in [1.165, 1.54) is 16.0 Å². The number of hydrogen-bond donors (Lipinski definition) is 2. The van der Waals surface area contributed by atoms with Crippen LogP contribution in [-0.2, 0) is 27.5 Å². The molecule has 62 heavy (non-hydrogen) atoms. The van der Waals surface area contributed by atoms with Crippen LogP contribution in [0.1, 0.15) is 91.4 Å². The molecule has 0 radical (unpaired) electrons. The minimum Gasteiger partial charge on any atom is -0.355 e. The molecule has 7 heterocycles. The number of nitrogens with zero attached hydrogens (tertiary/aromatic N) is 8. The lowest BCUT2D eigenvalue weighted by atomic mass is 9.91. The van der Waals surface area contributed by atoms with E-state index in [0.717, 1.165) is 140 Å². The molecule has 2 N–H and O–H groups in total. The van der Waals surface area contributed by atoms with Crippen molar-refractivity contribution in [2.24, 2.45) is 5.92 Å². The monoisotopic (exact) mass is 862 g/mol. The number of fused-ring (bicyclic) bond motifs is 1. The standard InChI is InChI=1S/C47H62N10O4S/c58-44(14-10-36-7-4-20-48-32-36)49-21-2-1-6-35-16-23-56(24-17-35)47(61)40-11-13-43(52-51-40)55-25-18-38(19-26-55)54-29-27-53(28-30-54)22-5-31-62-42-9-3-8-37-33-57(34-39(37)42)41-12-15-45(59)50-46(41)60/h3-4,7-11,13-14,20,32,35,38,41H,1-2,5-6,12,15-19,21-31,33-34H2,(H,49,58)(H,50,59,60)/b14-10+. The predicted octanol–water partition coefficient (Wildman–Crippen LogP) is 4.61. The summed E-state index contributed by atoms with van der Waals surface area (Å²) in [5, 5.41) is 14.4. The first kappa shape index (κ1) is 43.9. The van der Waals surface area contributed by atoms with Crippen LogP contribution in [0.5, 0.6) is 0 Å². The third kappa shape index (κ3) is 11.7. The maximum Gasteiger partial charge on any atom is 0.274 e. The van der Waals surface area contributed by atoms with Crippen molar-refractivity contribution < 1.29 is 19.2 Å². The first-order valence-corrected chi connectivity index (χ1v) is 23.9. The van der Waals surface area contributed by atoms with Gasteiger partial charge in [-0.3, -0.25) is 39.3 Å². The Balaban J connectivity index is 0.675. The summed E-state index contributed by atoms with van der Waals surface area (Å²) in [4.78, 5) is 66.7. The molecular weight excluding hydrogens is 801 g/mol. The Morgan fingerprint density at radius 3 is 2.44 bits per heavy atom. The number of piperidine rings is 3. The van der Waals surface area contributed by atoms with Gasteiger partial charge >= 0.3 is 0 Å². The minimum absolute atomic E-state index is 0.0272. The highest BCUT2D eigenvalue weighted by Gasteiger charge is 2.35. The van der Waals surface area contributed by atoms with Crippen molar-refractivity contribution in [2.45, 2.75) is 94.3 Å². The minimum atomic E-state index is -0.222. The summed E-state index contributed by atoms with van der Waals surface area (Å²) in [7, 11) is 0. The number of likely N-dealkylation sites (tertiary alicyclic amines) is 1. The summed E-state index contributed by atoms with van der Waals surface area (Å²) in [5.74, 6) is 2.10. The topological polar surface area (TPSA) is 147 Å². The summed E-state index contributed by atoms with van der Waals surface area (Å²) in [6.07, 6.45) is 16.2. The van der Waals surface area contributed by atoms with Gasteiger partial charge in [-0.15, -0.1) is 22.0 Å². The number of amides is 4. The fourth-order valence-electron chi connectivity index (χ4n) is 9.75. The second kappa shape index (κ2) is 21.6. The summed E-state index contributed by atoms with van der Waals surface area (Å²) in [6, 6.07) is 14.5. The van der Waals surface area contributed by atoms with E-state index in [9.17, 15) is 19.2 Å². The van der Waals surface area contributed by atoms with Crippen molar-refractivity contribution >= 4 is 47.3 Å². The second-order valence-corrected chi connectivity index (χ2v) is 18.6. The Morgan fingerprint density at radius 1 is 0.839 bits per heavy atom. The van der Waals surface area contributed by atoms with Gasteiger partial charge in [0.15, 0.2) is 11.5 Å². The number of carbonyl (C=O) groups excluding carboxylic acids is 4. The summed E-state index contributed by atoms with van der Waals surface area (Å²) in [6.45, 7) is 11.1. The molecule has 1 atom stereocenters. The van der Waals surface area contributed by atoms with Gasteiger partial charge in [-0.2, -0.15) is 0 Å². The van der Waals surface area contributed by atoms with Gasteiger partial charge < -0.3 is 20.0 Å². The number of unbranched alkanes of at least 4 members (excludes halogenated alkanes) is 1. The zero-order chi connectivity index (χ0) is 42.7. The Morgan fingerprint density at radius 2 is 1.68 bits per heavy atom. The van der Waals surface area contributed by atoms with E-state index in [1.807, 2.05) is 40.9 Å². The summed E-state index contributed by atoms with van der Waals surface area (Å²) < 4.78 is 0. The van der Waals surface area contributed by atoms with Gasteiger partial charge in [-0.1, -0.05) is 31.0 Å². The third-order valence-corrected chi connectivity index (χ3v) is 14.6. The number of benzene rings is 1. The van der Waals surface area contributed by atoms with E-state index in [1.54, 1.807) is 24.5 Å². The Bertz CT molecular complexity index is 2010. The number of imide groups is 1. The quantitative estimate of drug-likeness (QED) is 0.0898. The number of pyridine rings is 1. The van der Waals surface area contributed by atoms with E-state index < -0.39 is 0 Å². The smallest absolute Gasteiger partial charge is 0.274 e. The molecule has 4 amide bonds. The fourth-order valence-corrected chi connectivity index (χ4v) is 10.8. The molecule has 14 nitrogen and oxygen atoms in total. The van der Waals surface area contributed by atoms with Crippen LogP contribution < -0.4 is 15.5 Å². The molecule has 5 aliphatic rings. The highest BCUT2D eigenvalue weighted by molar-refractivity contribution is 7.99. The normalized spacial score (nSPS) is 21.1. The number of aromatic nitrogens is 3. The molecule has 15 heteroatoms. The molecule has 0 bridgehead atoms. The molecule has 330 valence electrons. The van der Waals surface area contributed by atoms with Crippen molar-refractivity contribution in [1.29, 1.82) is 0 Å². The van der Waals surface area contributed by atoms with Gasteiger partial charge in [0.2, 0.25) is 17.7 Å². The SMILES string of the molecule is O=C(/C=C/c1cccnc1)NCCCCC1CCN(C(=O)c2ccc(N3CCC(N4CCN(CCCSc5cccc6c5CN(C5CCC(=O)NC5=O)C6)CC4)CC3)nn2)CC1. The zero-order valence-corrected chi connectivity index (χ0v) is 36.8.